The molecule has 0 unspecified atom stereocenters. The zero-order valence-electron chi connectivity index (χ0n) is 10.5. The van der Waals surface area contributed by atoms with Gasteiger partial charge in [-0.15, -0.1) is 0 Å². The third kappa shape index (κ3) is 4.07. The Kier molecular flexibility index (Phi) is 4.08. The second kappa shape index (κ2) is 5.96. The van der Waals surface area contributed by atoms with Crippen molar-refractivity contribution in [2.75, 3.05) is 0 Å². The summed E-state index contributed by atoms with van der Waals surface area (Å²) in [5, 5.41) is 0. The summed E-state index contributed by atoms with van der Waals surface area (Å²) < 4.78 is 17.7. The largest absolute Gasteiger partial charge is 0.427 e. The van der Waals surface area contributed by atoms with Crippen molar-refractivity contribution in [1.29, 1.82) is 0 Å². The van der Waals surface area contributed by atoms with Crippen LogP contribution in [-0.2, 0) is 4.79 Å². The fourth-order valence-corrected chi connectivity index (χ4v) is 1.58. The van der Waals surface area contributed by atoms with E-state index in [1.54, 1.807) is 24.3 Å². The maximum absolute atomic E-state index is 12.7. The van der Waals surface area contributed by atoms with E-state index in [-0.39, 0.29) is 11.8 Å². The first-order valence-corrected chi connectivity index (χ1v) is 5.85. The van der Waals surface area contributed by atoms with Crippen LogP contribution in [0.1, 0.15) is 18.1 Å². The van der Waals surface area contributed by atoms with Gasteiger partial charge >= 0.3 is 5.97 Å². The maximum Gasteiger partial charge on any atom is 0.308 e. The highest BCUT2D eigenvalue weighted by Gasteiger charge is 1.96. The van der Waals surface area contributed by atoms with Crippen molar-refractivity contribution in [2.24, 2.45) is 0 Å². The average Bonchev–Trinajstić information content (AvgIpc) is 2.39. The molecule has 0 aliphatic heterocycles. The Labute approximate surface area is 111 Å². The van der Waals surface area contributed by atoms with Crippen molar-refractivity contribution in [3.63, 3.8) is 0 Å². The van der Waals surface area contributed by atoms with Crippen molar-refractivity contribution >= 4 is 18.1 Å². The molecule has 0 amide bonds. The van der Waals surface area contributed by atoms with E-state index in [1.807, 2.05) is 24.3 Å². The summed E-state index contributed by atoms with van der Waals surface area (Å²) in [7, 11) is 0. The maximum atomic E-state index is 12.7. The molecule has 0 aliphatic carbocycles. The van der Waals surface area contributed by atoms with Crippen molar-refractivity contribution in [3.8, 4) is 5.75 Å². The summed E-state index contributed by atoms with van der Waals surface area (Å²) in [6.07, 6.45) is 3.80. The number of halogens is 1. The molecule has 0 bridgehead atoms. The lowest BCUT2D eigenvalue weighted by molar-refractivity contribution is -0.131. The molecule has 0 saturated heterocycles. The van der Waals surface area contributed by atoms with Crippen LogP contribution >= 0.6 is 0 Å². The van der Waals surface area contributed by atoms with Gasteiger partial charge < -0.3 is 4.74 Å². The van der Waals surface area contributed by atoms with E-state index in [1.165, 1.54) is 19.1 Å². The van der Waals surface area contributed by atoms with E-state index in [4.69, 9.17) is 4.74 Å². The molecule has 2 nitrogen and oxygen atoms in total. The normalized spacial score (nSPS) is 10.6. The molecular weight excluding hydrogens is 243 g/mol. The molecule has 2 aromatic carbocycles. The topological polar surface area (TPSA) is 26.3 Å². The quantitative estimate of drug-likeness (QED) is 0.472. The number of ether oxygens (including phenoxy) is 1. The van der Waals surface area contributed by atoms with Gasteiger partial charge in [0.2, 0.25) is 0 Å². The summed E-state index contributed by atoms with van der Waals surface area (Å²) >= 11 is 0. The number of hydrogen-bond acceptors (Lipinski definition) is 2. The summed E-state index contributed by atoms with van der Waals surface area (Å²) in [6, 6.07) is 13.4. The molecular formula is C16H13FO2. The van der Waals surface area contributed by atoms with Gasteiger partial charge in [0, 0.05) is 6.92 Å². The number of benzene rings is 2. The highest BCUT2D eigenvalue weighted by molar-refractivity contribution is 5.71. The predicted octanol–water partition coefficient (Wildman–Crippen LogP) is 3.92. The van der Waals surface area contributed by atoms with Crippen molar-refractivity contribution in [1.82, 2.24) is 0 Å². The molecule has 0 spiro atoms. The zero-order valence-corrected chi connectivity index (χ0v) is 10.5. The predicted molar refractivity (Wildman–Crippen MR) is 73.1 cm³/mol. The van der Waals surface area contributed by atoms with Gasteiger partial charge in [-0.05, 0) is 35.4 Å². The van der Waals surface area contributed by atoms with E-state index in [0.717, 1.165) is 11.1 Å². The van der Waals surface area contributed by atoms with Crippen LogP contribution in [0, 0.1) is 5.82 Å². The molecule has 0 saturated carbocycles. The molecule has 0 heterocycles. The second-order valence-corrected chi connectivity index (χ2v) is 4.05. The fourth-order valence-electron chi connectivity index (χ4n) is 1.58. The second-order valence-electron chi connectivity index (χ2n) is 4.05. The molecule has 3 heteroatoms. The van der Waals surface area contributed by atoms with Crippen LogP contribution in [0.15, 0.2) is 48.5 Å². The first-order valence-electron chi connectivity index (χ1n) is 5.85. The summed E-state index contributed by atoms with van der Waals surface area (Å²) in [5.74, 6) is -0.0658. The minimum Gasteiger partial charge on any atom is -0.427 e. The lowest BCUT2D eigenvalue weighted by Gasteiger charge is -2.00. The Morgan fingerprint density at radius 1 is 0.947 bits per heavy atom. The Balaban J connectivity index is 2.06. The van der Waals surface area contributed by atoms with E-state index in [9.17, 15) is 9.18 Å². The standard InChI is InChI=1S/C16H13FO2/c1-12(18)19-16-10-6-14(7-11-16)3-2-13-4-8-15(17)9-5-13/h2-11H,1H3/b3-2+. The van der Waals surface area contributed by atoms with Gasteiger partial charge in [0.1, 0.15) is 11.6 Å². The van der Waals surface area contributed by atoms with Crippen LogP contribution in [0.2, 0.25) is 0 Å². The van der Waals surface area contributed by atoms with Gasteiger partial charge in [-0.2, -0.15) is 0 Å². The number of esters is 1. The van der Waals surface area contributed by atoms with Gasteiger partial charge in [-0.1, -0.05) is 36.4 Å². The Morgan fingerprint density at radius 2 is 1.42 bits per heavy atom. The molecule has 0 radical (unpaired) electrons. The summed E-state index contributed by atoms with van der Waals surface area (Å²) in [5.41, 5.74) is 1.89. The first kappa shape index (κ1) is 13.0. The van der Waals surface area contributed by atoms with Crippen molar-refractivity contribution in [2.45, 2.75) is 6.92 Å². The Hall–Kier alpha value is -2.42. The third-order valence-corrected chi connectivity index (χ3v) is 2.48. The van der Waals surface area contributed by atoms with Crippen LogP contribution in [-0.4, -0.2) is 5.97 Å². The monoisotopic (exact) mass is 256 g/mol. The van der Waals surface area contributed by atoms with Crippen molar-refractivity contribution < 1.29 is 13.9 Å². The van der Waals surface area contributed by atoms with Gasteiger partial charge in [-0.3, -0.25) is 4.79 Å². The van der Waals surface area contributed by atoms with E-state index in [0.29, 0.717) is 5.75 Å². The molecule has 2 aromatic rings. The number of hydrogen-bond donors (Lipinski definition) is 0. The molecule has 0 atom stereocenters. The zero-order chi connectivity index (χ0) is 13.7. The SMILES string of the molecule is CC(=O)Oc1ccc(/C=C/c2ccc(F)cc2)cc1. The molecule has 19 heavy (non-hydrogen) atoms. The minimum atomic E-state index is -0.338. The minimum absolute atomic E-state index is 0.247. The van der Waals surface area contributed by atoms with Crippen LogP contribution < -0.4 is 4.74 Å². The number of carbonyl (C=O) groups is 1. The van der Waals surface area contributed by atoms with Crippen molar-refractivity contribution in [3.05, 3.63) is 65.5 Å². The summed E-state index contributed by atoms with van der Waals surface area (Å²) in [6.45, 7) is 1.36. The van der Waals surface area contributed by atoms with Gasteiger partial charge in [0.15, 0.2) is 0 Å². The number of rotatable bonds is 3. The fraction of sp³-hybridized carbons (Fsp3) is 0.0625. The smallest absolute Gasteiger partial charge is 0.308 e. The molecule has 0 aliphatic rings. The average molecular weight is 256 g/mol. The molecule has 2 rings (SSSR count). The van der Waals surface area contributed by atoms with Gasteiger partial charge in [-0.25, -0.2) is 4.39 Å². The Morgan fingerprint density at radius 3 is 1.89 bits per heavy atom. The highest BCUT2D eigenvalue weighted by Crippen LogP contribution is 2.15. The molecule has 0 fully saturated rings. The van der Waals surface area contributed by atoms with E-state index in [2.05, 4.69) is 0 Å². The molecule has 0 aromatic heterocycles. The van der Waals surface area contributed by atoms with Crippen LogP contribution in [0.4, 0.5) is 4.39 Å². The number of carbonyl (C=O) groups excluding carboxylic acids is 1. The van der Waals surface area contributed by atoms with Gasteiger partial charge in [0.05, 0.1) is 0 Å². The molecule has 0 N–H and O–H groups in total. The Bertz CT molecular complexity index is 583. The van der Waals surface area contributed by atoms with E-state index >= 15 is 0 Å². The van der Waals surface area contributed by atoms with Crippen LogP contribution in [0.25, 0.3) is 12.2 Å². The van der Waals surface area contributed by atoms with E-state index < -0.39 is 0 Å². The molecule has 96 valence electrons. The first-order chi connectivity index (χ1) is 9.13. The summed E-state index contributed by atoms with van der Waals surface area (Å²) in [4.78, 5) is 10.8. The van der Waals surface area contributed by atoms with Crippen LogP contribution in [0.5, 0.6) is 5.75 Å². The lowest BCUT2D eigenvalue weighted by Crippen LogP contribution is -2.00. The highest BCUT2D eigenvalue weighted by atomic mass is 19.1. The van der Waals surface area contributed by atoms with Gasteiger partial charge in [0.25, 0.3) is 0 Å². The lowest BCUT2D eigenvalue weighted by atomic mass is 10.1. The third-order valence-electron chi connectivity index (χ3n) is 2.48. The van der Waals surface area contributed by atoms with Crippen LogP contribution in [0.3, 0.4) is 0 Å².